The topological polar surface area (TPSA) is 49.8 Å². The second kappa shape index (κ2) is 8.62. The highest BCUT2D eigenvalue weighted by molar-refractivity contribution is 5.84. The lowest BCUT2D eigenvalue weighted by Gasteiger charge is -2.33. The molecule has 1 atom stereocenters. The van der Waals surface area contributed by atoms with E-state index in [0.717, 1.165) is 32.2 Å². The molecule has 0 radical (unpaired) electrons. The highest BCUT2D eigenvalue weighted by Gasteiger charge is 2.28. The molecule has 1 saturated carbocycles. The summed E-state index contributed by atoms with van der Waals surface area (Å²) >= 11 is 0. The van der Waals surface area contributed by atoms with Crippen molar-refractivity contribution in [3.8, 4) is 0 Å². The smallest absolute Gasteiger partial charge is 0.149 e. The van der Waals surface area contributed by atoms with Gasteiger partial charge in [0.25, 0.3) is 0 Å². The first-order chi connectivity index (χ1) is 8.66. The van der Waals surface area contributed by atoms with Gasteiger partial charge in [-0.05, 0) is 26.7 Å². The molecule has 0 bridgehead atoms. The zero-order valence-electron chi connectivity index (χ0n) is 11.7. The Hall–Kier alpha value is -0.450. The van der Waals surface area contributed by atoms with Crippen LogP contribution in [0, 0.1) is 0 Å². The van der Waals surface area contributed by atoms with Gasteiger partial charge in [-0.15, -0.1) is 0 Å². The summed E-state index contributed by atoms with van der Waals surface area (Å²) in [4.78, 5) is 14.4. The minimum atomic E-state index is 0.0596. The molecule has 0 saturated heterocycles. The lowest BCUT2D eigenvalue weighted by Crippen LogP contribution is -2.46. The fourth-order valence-electron chi connectivity index (χ4n) is 2.60. The van der Waals surface area contributed by atoms with E-state index in [2.05, 4.69) is 18.7 Å². The number of ether oxygens (including phenoxy) is 1. The molecule has 1 aliphatic rings. The number of rotatable bonds is 7. The summed E-state index contributed by atoms with van der Waals surface area (Å²) < 4.78 is 5.32. The molecule has 0 amide bonds. The number of aliphatic hydroxyl groups excluding tert-OH is 1. The van der Waals surface area contributed by atoms with Crippen LogP contribution in [-0.2, 0) is 9.53 Å². The SMILES string of the molecule is CC(C)N(CCOCCO)C1CCCCCC1=O. The van der Waals surface area contributed by atoms with Gasteiger partial charge in [-0.3, -0.25) is 9.69 Å². The molecule has 4 heteroatoms. The molecule has 1 N–H and O–H groups in total. The maximum absolute atomic E-state index is 12.1. The Morgan fingerprint density at radius 1 is 1.33 bits per heavy atom. The zero-order valence-corrected chi connectivity index (χ0v) is 11.7. The molecular weight excluding hydrogens is 230 g/mol. The van der Waals surface area contributed by atoms with E-state index in [0.29, 0.717) is 25.0 Å². The number of hydrogen-bond donors (Lipinski definition) is 1. The van der Waals surface area contributed by atoms with Crippen LogP contribution in [0.25, 0.3) is 0 Å². The van der Waals surface area contributed by atoms with Crippen LogP contribution in [0.2, 0.25) is 0 Å². The fourth-order valence-corrected chi connectivity index (χ4v) is 2.60. The van der Waals surface area contributed by atoms with Gasteiger partial charge in [0.05, 0.1) is 25.9 Å². The van der Waals surface area contributed by atoms with Crippen molar-refractivity contribution >= 4 is 5.78 Å². The third kappa shape index (κ3) is 5.04. The molecule has 0 aromatic heterocycles. The summed E-state index contributed by atoms with van der Waals surface area (Å²) in [7, 11) is 0. The summed E-state index contributed by atoms with van der Waals surface area (Å²) in [6.45, 7) is 6.06. The quantitative estimate of drug-likeness (QED) is 0.556. The van der Waals surface area contributed by atoms with E-state index in [4.69, 9.17) is 9.84 Å². The third-order valence-electron chi connectivity index (χ3n) is 3.57. The molecule has 1 unspecified atom stereocenters. The van der Waals surface area contributed by atoms with Crippen LogP contribution in [0.3, 0.4) is 0 Å². The zero-order chi connectivity index (χ0) is 13.4. The van der Waals surface area contributed by atoms with E-state index in [1.54, 1.807) is 0 Å². The predicted molar refractivity (Wildman–Crippen MR) is 71.6 cm³/mol. The van der Waals surface area contributed by atoms with Gasteiger partial charge in [-0.1, -0.05) is 12.8 Å². The van der Waals surface area contributed by atoms with E-state index >= 15 is 0 Å². The summed E-state index contributed by atoms with van der Waals surface area (Å²) in [6.07, 6.45) is 5.08. The second-order valence-corrected chi connectivity index (χ2v) is 5.25. The molecule has 0 heterocycles. The van der Waals surface area contributed by atoms with Crippen molar-refractivity contribution in [2.45, 2.75) is 58.0 Å². The Labute approximate surface area is 110 Å². The fraction of sp³-hybridized carbons (Fsp3) is 0.929. The van der Waals surface area contributed by atoms with Crippen molar-refractivity contribution in [2.75, 3.05) is 26.4 Å². The van der Waals surface area contributed by atoms with E-state index in [1.165, 1.54) is 6.42 Å². The molecule has 0 spiro atoms. The minimum Gasteiger partial charge on any atom is -0.394 e. The average Bonchev–Trinajstić information content (AvgIpc) is 2.54. The number of hydrogen-bond acceptors (Lipinski definition) is 4. The highest BCUT2D eigenvalue weighted by Crippen LogP contribution is 2.20. The summed E-state index contributed by atoms with van der Waals surface area (Å²) in [5, 5.41) is 8.68. The van der Waals surface area contributed by atoms with Crippen LogP contribution < -0.4 is 0 Å². The van der Waals surface area contributed by atoms with E-state index in [9.17, 15) is 4.79 Å². The van der Waals surface area contributed by atoms with Gasteiger partial charge in [-0.2, -0.15) is 0 Å². The Kier molecular flexibility index (Phi) is 7.47. The Morgan fingerprint density at radius 2 is 2.11 bits per heavy atom. The first-order valence-electron chi connectivity index (χ1n) is 7.14. The van der Waals surface area contributed by atoms with Crippen LogP contribution in [0.1, 0.15) is 46.0 Å². The van der Waals surface area contributed by atoms with Crippen LogP contribution in [0.5, 0.6) is 0 Å². The molecule has 4 nitrogen and oxygen atoms in total. The van der Waals surface area contributed by atoms with Gasteiger partial charge in [-0.25, -0.2) is 0 Å². The molecule has 18 heavy (non-hydrogen) atoms. The van der Waals surface area contributed by atoms with Crippen molar-refractivity contribution in [1.29, 1.82) is 0 Å². The average molecular weight is 257 g/mol. The standard InChI is InChI=1S/C14H27NO3/c1-12(2)15(8-10-18-11-9-16)13-6-4-3-5-7-14(13)17/h12-13,16H,3-11H2,1-2H3. The van der Waals surface area contributed by atoms with Gasteiger partial charge in [0.15, 0.2) is 0 Å². The molecule has 1 rings (SSSR count). The summed E-state index contributed by atoms with van der Waals surface area (Å²) in [5.74, 6) is 0.392. The molecule has 0 aliphatic heterocycles. The predicted octanol–water partition coefficient (Wildman–Crippen LogP) is 1.61. The number of Topliss-reactive ketones (excluding diaryl/α,β-unsaturated/α-hetero) is 1. The molecule has 0 aromatic carbocycles. The number of carbonyl (C=O) groups is 1. The largest absolute Gasteiger partial charge is 0.394 e. The molecular formula is C14H27NO3. The normalized spacial score (nSPS) is 21.6. The Bertz CT molecular complexity index is 243. The van der Waals surface area contributed by atoms with Crippen LogP contribution >= 0.6 is 0 Å². The molecule has 1 aliphatic carbocycles. The van der Waals surface area contributed by atoms with Gasteiger partial charge in [0.2, 0.25) is 0 Å². The van der Waals surface area contributed by atoms with Crippen LogP contribution in [0.4, 0.5) is 0 Å². The summed E-state index contributed by atoms with van der Waals surface area (Å²) in [5.41, 5.74) is 0. The van der Waals surface area contributed by atoms with Crippen molar-refractivity contribution in [1.82, 2.24) is 4.90 Å². The van der Waals surface area contributed by atoms with Crippen molar-refractivity contribution in [3.05, 3.63) is 0 Å². The first kappa shape index (κ1) is 15.6. The first-order valence-corrected chi connectivity index (χ1v) is 7.14. The molecule has 0 aromatic rings. The van der Waals surface area contributed by atoms with Crippen molar-refractivity contribution in [2.24, 2.45) is 0 Å². The van der Waals surface area contributed by atoms with Gasteiger partial charge in [0, 0.05) is 19.0 Å². The van der Waals surface area contributed by atoms with Gasteiger partial charge in [0.1, 0.15) is 5.78 Å². The maximum atomic E-state index is 12.1. The maximum Gasteiger partial charge on any atom is 0.149 e. The number of ketones is 1. The summed E-state index contributed by atoms with van der Waals surface area (Å²) in [6, 6.07) is 0.431. The van der Waals surface area contributed by atoms with Crippen molar-refractivity contribution < 1.29 is 14.6 Å². The lowest BCUT2D eigenvalue weighted by molar-refractivity contribution is -0.125. The van der Waals surface area contributed by atoms with Gasteiger partial charge >= 0.3 is 0 Å². The number of aliphatic hydroxyl groups is 1. The third-order valence-corrected chi connectivity index (χ3v) is 3.57. The van der Waals surface area contributed by atoms with Crippen LogP contribution in [0.15, 0.2) is 0 Å². The number of carbonyl (C=O) groups excluding carboxylic acids is 1. The van der Waals surface area contributed by atoms with Crippen molar-refractivity contribution in [3.63, 3.8) is 0 Å². The Balaban J connectivity index is 2.50. The Morgan fingerprint density at radius 3 is 2.78 bits per heavy atom. The highest BCUT2D eigenvalue weighted by atomic mass is 16.5. The van der Waals surface area contributed by atoms with E-state index in [-0.39, 0.29) is 12.6 Å². The second-order valence-electron chi connectivity index (χ2n) is 5.25. The monoisotopic (exact) mass is 257 g/mol. The minimum absolute atomic E-state index is 0.0596. The lowest BCUT2D eigenvalue weighted by atomic mass is 10.0. The van der Waals surface area contributed by atoms with E-state index in [1.807, 2.05) is 0 Å². The molecule has 1 fully saturated rings. The molecule has 106 valence electrons. The number of nitrogens with zero attached hydrogens (tertiary/aromatic N) is 1. The van der Waals surface area contributed by atoms with Crippen LogP contribution in [-0.4, -0.2) is 54.2 Å². The van der Waals surface area contributed by atoms with Gasteiger partial charge < -0.3 is 9.84 Å². The van der Waals surface area contributed by atoms with E-state index < -0.39 is 0 Å².